The first kappa shape index (κ1) is 25.1. The molecule has 9 nitrogen and oxygen atoms in total. The highest BCUT2D eigenvalue weighted by molar-refractivity contribution is 7.86. The molecule has 0 bridgehead atoms. The number of carbonyl (C=O) groups excluding carboxylic acids is 2. The fraction of sp³-hybridized carbons (Fsp3) is 0.240. The molecule has 1 fully saturated rings. The number of hydrogen-bond donors (Lipinski definition) is 2. The Kier molecular flexibility index (Phi) is 7.20. The van der Waals surface area contributed by atoms with E-state index in [0.717, 1.165) is 19.1 Å². The third kappa shape index (κ3) is 6.36. The zero-order chi connectivity index (χ0) is 25.9. The van der Waals surface area contributed by atoms with Gasteiger partial charge in [0.1, 0.15) is 6.61 Å². The second-order valence-corrected chi connectivity index (χ2v) is 9.96. The zero-order valence-electron chi connectivity index (χ0n) is 19.6. The minimum atomic E-state index is -4.19. The Balaban J connectivity index is 1.60. The van der Waals surface area contributed by atoms with Gasteiger partial charge in [-0.15, -0.1) is 0 Å². The fourth-order valence-corrected chi connectivity index (χ4v) is 3.75. The first-order valence-corrected chi connectivity index (χ1v) is 12.9. The van der Waals surface area contributed by atoms with Crippen molar-refractivity contribution in [3.63, 3.8) is 0 Å². The van der Waals surface area contributed by atoms with Crippen LogP contribution in [-0.2, 0) is 16.7 Å². The highest BCUT2D eigenvalue weighted by Crippen LogP contribution is 2.33. The van der Waals surface area contributed by atoms with Gasteiger partial charge < -0.3 is 19.6 Å². The van der Waals surface area contributed by atoms with Crippen LogP contribution in [0, 0.1) is 12.7 Å². The Morgan fingerprint density at radius 3 is 2.56 bits per heavy atom. The summed E-state index contributed by atoms with van der Waals surface area (Å²) in [4.78, 5) is 29.6. The average Bonchev–Trinajstić information content (AvgIpc) is 3.64. The molecule has 36 heavy (non-hydrogen) atoms. The summed E-state index contributed by atoms with van der Waals surface area (Å²) in [6.45, 7) is 1.64. The third-order valence-corrected chi connectivity index (χ3v) is 5.77. The van der Waals surface area contributed by atoms with E-state index in [1.54, 1.807) is 43.5 Å². The standard InChI is InChI=1S/C25H24FN3O6S/c1-15-6-7-16(24(30)28-17-8-9-17)13-20(15)29-25(31)19-10-11-21(22(26)23(19)35-36(2,32)33)34-14-18-5-3-4-12-27-18/h3-7,10-13,17H,8-9,14H2,1-2H3,(H,28,30)(H,29,31). The molecule has 2 aromatic carbocycles. The van der Waals surface area contributed by atoms with E-state index >= 15 is 4.39 Å². The highest BCUT2D eigenvalue weighted by Gasteiger charge is 2.26. The van der Waals surface area contributed by atoms with Crippen molar-refractivity contribution in [3.05, 3.63) is 82.9 Å². The van der Waals surface area contributed by atoms with Crippen molar-refractivity contribution in [3.8, 4) is 11.5 Å². The molecule has 0 unspecified atom stereocenters. The fourth-order valence-electron chi connectivity index (χ4n) is 3.28. The Morgan fingerprint density at radius 1 is 1.11 bits per heavy atom. The Labute approximate surface area is 207 Å². The number of pyridine rings is 1. The van der Waals surface area contributed by atoms with E-state index in [-0.39, 0.29) is 29.9 Å². The van der Waals surface area contributed by atoms with Gasteiger partial charge in [0.25, 0.3) is 11.8 Å². The topological polar surface area (TPSA) is 124 Å². The van der Waals surface area contributed by atoms with Crippen LogP contribution in [0.2, 0.25) is 0 Å². The predicted octanol–water partition coefficient (Wildman–Crippen LogP) is 3.59. The number of hydrogen-bond acceptors (Lipinski definition) is 7. The van der Waals surface area contributed by atoms with Crippen molar-refractivity contribution in [2.24, 2.45) is 0 Å². The molecule has 4 rings (SSSR count). The van der Waals surface area contributed by atoms with Gasteiger partial charge in [-0.05, 0) is 61.7 Å². The quantitative estimate of drug-likeness (QED) is 0.419. The molecule has 1 saturated carbocycles. The molecule has 0 atom stereocenters. The van der Waals surface area contributed by atoms with Crippen LogP contribution in [0.1, 0.15) is 44.8 Å². The summed E-state index contributed by atoms with van der Waals surface area (Å²) < 4.78 is 49.2. The molecule has 0 saturated heterocycles. The lowest BCUT2D eigenvalue weighted by atomic mass is 10.1. The van der Waals surface area contributed by atoms with Crippen molar-refractivity contribution in [1.82, 2.24) is 10.3 Å². The maximum atomic E-state index is 15.3. The minimum absolute atomic E-state index is 0.0868. The van der Waals surface area contributed by atoms with Gasteiger partial charge in [0.05, 0.1) is 17.5 Å². The number of ether oxygens (including phenoxy) is 1. The van der Waals surface area contributed by atoms with Crippen molar-refractivity contribution < 1.29 is 31.3 Å². The number of nitrogens with one attached hydrogen (secondary N) is 2. The number of anilines is 1. The van der Waals surface area contributed by atoms with E-state index < -0.39 is 27.6 Å². The third-order valence-electron chi connectivity index (χ3n) is 5.30. The molecule has 3 aromatic rings. The van der Waals surface area contributed by atoms with Crippen LogP contribution >= 0.6 is 0 Å². The van der Waals surface area contributed by atoms with E-state index in [1.165, 1.54) is 18.2 Å². The molecule has 0 radical (unpaired) electrons. The van der Waals surface area contributed by atoms with E-state index in [9.17, 15) is 18.0 Å². The summed E-state index contributed by atoms with van der Waals surface area (Å²) in [5.74, 6) is -3.36. The van der Waals surface area contributed by atoms with Gasteiger partial charge in [0, 0.05) is 23.5 Å². The molecule has 11 heteroatoms. The van der Waals surface area contributed by atoms with Crippen LogP contribution in [0.5, 0.6) is 11.5 Å². The van der Waals surface area contributed by atoms with Crippen LogP contribution in [0.15, 0.2) is 54.7 Å². The van der Waals surface area contributed by atoms with Crippen LogP contribution in [0.25, 0.3) is 0 Å². The van der Waals surface area contributed by atoms with E-state index in [1.807, 2.05) is 0 Å². The number of nitrogens with zero attached hydrogens (tertiary/aromatic N) is 1. The molecule has 1 aliphatic carbocycles. The molecule has 2 amide bonds. The molecule has 0 spiro atoms. The molecular weight excluding hydrogens is 489 g/mol. The van der Waals surface area contributed by atoms with Crippen LogP contribution in [0.4, 0.5) is 10.1 Å². The predicted molar refractivity (Wildman–Crippen MR) is 130 cm³/mol. The summed E-state index contributed by atoms with van der Waals surface area (Å²) in [5.41, 5.74) is 1.46. The normalized spacial score (nSPS) is 13.1. The molecule has 1 aromatic heterocycles. The number of benzene rings is 2. The summed E-state index contributed by atoms with van der Waals surface area (Å²) in [5, 5.41) is 5.48. The number of carbonyl (C=O) groups is 2. The first-order valence-electron chi connectivity index (χ1n) is 11.1. The maximum Gasteiger partial charge on any atom is 0.306 e. The zero-order valence-corrected chi connectivity index (χ0v) is 20.4. The lowest BCUT2D eigenvalue weighted by molar-refractivity contribution is 0.0949. The van der Waals surface area contributed by atoms with Crippen molar-refractivity contribution in [1.29, 1.82) is 0 Å². The number of aromatic nitrogens is 1. The maximum absolute atomic E-state index is 15.3. The van der Waals surface area contributed by atoms with E-state index in [2.05, 4.69) is 15.6 Å². The number of aryl methyl sites for hydroxylation is 1. The van der Waals surface area contributed by atoms with Crippen LogP contribution in [-0.4, -0.2) is 37.5 Å². The van der Waals surface area contributed by atoms with Crippen LogP contribution < -0.4 is 19.6 Å². The number of halogens is 1. The Hall–Kier alpha value is -3.99. The largest absolute Gasteiger partial charge is 0.484 e. The second kappa shape index (κ2) is 10.3. The van der Waals surface area contributed by atoms with Gasteiger partial charge in [-0.25, -0.2) is 0 Å². The second-order valence-electron chi connectivity index (χ2n) is 8.38. The smallest absolute Gasteiger partial charge is 0.306 e. The van der Waals surface area contributed by atoms with Gasteiger partial charge in [-0.1, -0.05) is 12.1 Å². The first-order chi connectivity index (χ1) is 17.1. The van der Waals surface area contributed by atoms with Gasteiger partial charge >= 0.3 is 10.1 Å². The summed E-state index contributed by atoms with van der Waals surface area (Å²) in [6.07, 6.45) is 4.14. The lowest BCUT2D eigenvalue weighted by Crippen LogP contribution is -2.25. The Morgan fingerprint density at radius 2 is 1.89 bits per heavy atom. The van der Waals surface area contributed by atoms with E-state index in [0.29, 0.717) is 22.5 Å². The van der Waals surface area contributed by atoms with Gasteiger partial charge in [-0.2, -0.15) is 12.8 Å². The molecule has 188 valence electrons. The molecule has 0 aliphatic heterocycles. The number of rotatable bonds is 9. The van der Waals surface area contributed by atoms with Gasteiger partial charge in [0.15, 0.2) is 11.5 Å². The summed E-state index contributed by atoms with van der Waals surface area (Å²) in [6, 6.07) is 12.5. The van der Waals surface area contributed by atoms with Crippen molar-refractivity contribution >= 4 is 27.6 Å². The van der Waals surface area contributed by atoms with Gasteiger partial charge in [0.2, 0.25) is 5.82 Å². The summed E-state index contributed by atoms with van der Waals surface area (Å²) >= 11 is 0. The molecule has 2 N–H and O–H groups in total. The lowest BCUT2D eigenvalue weighted by Gasteiger charge is -2.15. The number of amides is 2. The van der Waals surface area contributed by atoms with Gasteiger partial charge in [-0.3, -0.25) is 14.6 Å². The average molecular weight is 514 g/mol. The SMILES string of the molecule is Cc1ccc(C(=O)NC2CC2)cc1NC(=O)c1ccc(OCc2ccccn2)c(F)c1OS(C)(=O)=O. The monoisotopic (exact) mass is 513 g/mol. The minimum Gasteiger partial charge on any atom is -0.484 e. The van der Waals surface area contributed by atoms with Crippen molar-refractivity contribution in [2.45, 2.75) is 32.4 Å². The van der Waals surface area contributed by atoms with Crippen LogP contribution in [0.3, 0.4) is 0 Å². The summed E-state index contributed by atoms with van der Waals surface area (Å²) in [7, 11) is -4.19. The Bertz CT molecular complexity index is 1410. The van der Waals surface area contributed by atoms with E-state index in [4.69, 9.17) is 8.92 Å². The highest BCUT2D eigenvalue weighted by atomic mass is 32.2. The molecule has 1 heterocycles. The molecular formula is C25H24FN3O6S. The van der Waals surface area contributed by atoms with Crippen molar-refractivity contribution in [2.75, 3.05) is 11.6 Å². The molecule has 1 aliphatic rings.